The van der Waals surface area contributed by atoms with Crippen LogP contribution in [0.3, 0.4) is 0 Å². The summed E-state index contributed by atoms with van der Waals surface area (Å²) in [4.78, 5) is 9.94. The van der Waals surface area contributed by atoms with Crippen LogP contribution in [0.2, 0.25) is 5.15 Å². The lowest BCUT2D eigenvalue weighted by Crippen LogP contribution is -2.09. The second kappa shape index (κ2) is 6.24. The van der Waals surface area contributed by atoms with E-state index in [1.807, 2.05) is 0 Å². The van der Waals surface area contributed by atoms with Crippen molar-refractivity contribution in [3.8, 4) is 0 Å². The third-order valence-corrected chi connectivity index (χ3v) is 3.19. The van der Waals surface area contributed by atoms with Gasteiger partial charge in [0.15, 0.2) is 5.69 Å². The largest absolute Gasteiger partial charge is 0.435 e. The van der Waals surface area contributed by atoms with Gasteiger partial charge in [0.1, 0.15) is 5.15 Å². The highest BCUT2D eigenvalue weighted by molar-refractivity contribution is 6.32. The predicted octanol–water partition coefficient (Wildman–Crippen LogP) is 3.45. The number of benzene rings is 1. The number of alkyl halides is 3. The highest BCUT2D eigenvalue weighted by atomic mass is 35.5. The Balaban J connectivity index is 2.19. The van der Waals surface area contributed by atoms with E-state index in [1.165, 1.54) is 31.3 Å². The number of aryl methyl sites for hydroxylation is 1. The molecular weight excluding hydrogens is 339 g/mol. The highest BCUT2D eigenvalue weighted by Crippen LogP contribution is 2.33. The SMILES string of the molecule is Cn1nc(C(F)(F)F)c(/C=N/Nc2ccc([N+](=O)[O-])cc2)c1Cl. The maximum absolute atomic E-state index is 12.8. The zero-order chi connectivity index (χ0) is 17.2. The van der Waals surface area contributed by atoms with Crippen molar-refractivity contribution in [3.63, 3.8) is 0 Å². The van der Waals surface area contributed by atoms with Gasteiger partial charge < -0.3 is 0 Å². The van der Waals surface area contributed by atoms with E-state index in [0.717, 1.165) is 10.9 Å². The molecule has 122 valence electrons. The molecule has 7 nitrogen and oxygen atoms in total. The molecule has 0 saturated heterocycles. The van der Waals surface area contributed by atoms with Gasteiger partial charge in [-0.25, -0.2) is 0 Å². The van der Waals surface area contributed by atoms with Crippen molar-refractivity contribution in [1.82, 2.24) is 9.78 Å². The molecule has 0 amide bonds. The molecular formula is C12H9ClF3N5O2. The van der Waals surface area contributed by atoms with Crippen LogP contribution in [0.25, 0.3) is 0 Å². The number of nitro benzene ring substituents is 1. The summed E-state index contributed by atoms with van der Waals surface area (Å²) in [6.07, 6.45) is -3.78. The van der Waals surface area contributed by atoms with Gasteiger partial charge in [-0.3, -0.25) is 20.2 Å². The van der Waals surface area contributed by atoms with E-state index in [-0.39, 0.29) is 16.4 Å². The van der Waals surface area contributed by atoms with E-state index in [9.17, 15) is 23.3 Å². The molecule has 0 unspecified atom stereocenters. The summed E-state index contributed by atoms with van der Waals surface area (Å²) in [5.74, 6) is 0. The number of nitro groups is 1. The number of halogens is 4. The van der Waals surface area contributed by atoms with Crippen LogP contribution in [0.5, 0.6) is 0 Å². The number of hydrazone groups is 1. The summed E-state index contributed by atoms with van der Waals surface area (Å²) < 4.78 is 39.4. The third-order valence-electron chi connectivity index (χ3n) is 2.75. The number of hydrogen-bond donors (Lipinski definition) is 1. The van der Waals surface area contributed by atoms with E-state index in [1.54, 1.807) is 0 Å². The predicted molar refractivity (Wildman–Crippen MR) is 77.5 cm³/mol. The second-order valence-corrected chi connectivity index (χ2v) is 4.71. The van der Waals surface area contributed by atoms with Crippen LogP contribution in [0.4, 0.5) is 24.5 Å². The summed E-state index contributed by atoms with van der Waals surface area (Å²) in [5, 5.41) is 17.2. The Bertz CT molecular complexity index is 755. The molecule has 2 aromatic rings. The topological polar surface area (TPSA) is 85.3 Å². The number of nitrogens with zero attached hydrogens (tertiary/aromatic N) is 4. The molecule has 0 fully saturated rings. The van der Waals surface area contributed by atoms with Gasteiger partial charge in [0.25, 0.3) is 5.69 Å². The number of anilines is 1. The van der Waals surface area contributed by atoms with Crippen LogP contribution in [0.1, 0.15) is 11.3 Å². The molecule has 1 heterocycles. The van der Waals surface area contributed by atoms with Gasteiger partial charge in [-0.1, -0.05) is 11.6 Å². The van der Waals surface area contributed by atoms with Crippen LogP contribution in [-0.4, -0.2) is 20.9 Å². The van der Waals surface area contributed by atoms with Crippen LogP contribution < -0.4 is 5.43 Å². The van der Waals surface area contributed by atoms with Gasteiger partial charge in [-0.2, -0.15) is 23.4 Å². The van der Waals surface area contributed by atoms with E-state index in [4.69, 9.17) is 11.6 Å². The van der Waals surface area contributed by atoms with Gasteiger partial charge in [0.05, 0.1) is 22.4 Å². The van der Waals surface area contributed by atoms with Gasteiger partial charge in [0.2, 0.25) is 0 Å². The zero-order valence-electron chi connectivity index (χ0n) is 11.5. The summed E-state index contributed by atoms with van der Waals surface area (Å²) in [6.45, 7) is 0. The van der Waals surface area contributed by atoms with Crippen LogP contribution in [0.15, 0.2) is 29.4 Å². The van der Waals surface area contributed by atoms with Gasteiger partial charge in [-0.05, 0) is 12.1 Å². The first-order valence-corrected chi connectivity index (χ1v) is 6.41. The van der Waals surface area contributed by atoms with Crippen molar-refractivity contribution < 1.29 is 18.1 Å². The average molecular weight is 348 g/mol. The lowest BCUT2D eigenvalue weighted by Gasteiger charge is -2.03. The van der Waals surface area contributed by atoms with Crippen molar-refractivity contribution in [1.29, 1.82) is 0 Å². The summed E-state index contributed by atoms with van der Waals surface area (Å²) in [5.41, 5.74) is 1.17. The van der Waals surface area contributed by atoms with E-state index in [0.29, 0.717) is 5.69 Å². The summed E-state index contributed by atoms with van der Waals surface area (Å²) >= 11 is 5.76. The van der Waals surface area contributed by atoms with Crippen molar-refractivity contribution in [2.75, 3.05) is 5.43 Å². The quantitative estimate of drug-likeness (QED) is 0.521. The first-order chi connectivity index (χ1) is 10.7. The molecule has 2 rings (SSSR count). The Labute approximate surface area is 132 Å². The molecule has 0 aliphatic carbocycles. The smallest absolute Gasteiger partial charge is 0.278 e. The minimum absolute atomic E-state index is 0.116. The molecule has 1 aromatic carbocycles. The van der Waals surface area contributed by atoms with Gasteiger partial charge in [0, 0.05) is 19.2 Å². The second-order valence-electron chi connectivity index (χ2n) is 4.35. The molecule has 0 bridgehead atoms. The molecule has 0 saturated carbocycles. The minimum atomic E-state index is -4.67. The van der Waals surface area contributed by atoms with Crippen LogP contribution in [0, 0.1) is 10.1 Å². The molecule has 0 radical (unpaired) electrons. The molecule has 1 aromatic heterocycles. The van der Waals surface area contributed by atoms with Crippen molar-refractivity contribution in [2.45, 2.75) is 6.18 Å². The fourth-order valence-electron chi connectivity index (χ4n) is 1.67. The molecule has 23 heavy (non-hydrogen) atoms. The van der Waals surface area contributed by atoms with Gasteiger partial charge >= 0.3 is 6.18 Å². The standard InChI is InChI=1S/C12H9ClF3N5O2/c1-20-11(13)9(10(19-20)12(14,15)16)6-17-18-7-2-4-8(5-3-7)21(22)23/h2-6,18H,1H3/b17-6+. The molecule has 0 aliphatic heterocycles. The normalized spacial score (nSPS) is 11.9. The zero-order valence-corrected chi connectivity index (χ0v) is 12.3. The Morgan fingerprint density at radius 1 is 1.39 bits per heavy atom. The van der Waals surface area contributed by atoms with Crippen molar-refractivity contribution >= 4 is 29.2 Å². The van der Waals surface area contributed by atoms with Crippen LogP contribution in [-0.2, 0) is 13.2 Å². The first-order valence-electron chi connectivity index (χ1n) is 6.03. The number of rotatable bonds is 4. The Morgan fingerprint density at radius 2 is 2.00 bits per heavy atom. The molecule has 0 atom stereocenters. The fourth-order valence-corrected chi connectivity index (χ4v) is 1.85. The van der Waals surface area contributed by atoms with E-state index in [2.05, 4.69) is 15.6 Å². The van der Waals surface area contributed by atoms with Crippen LogP contribution >= 0.6 is 11.6 Å². The number of non-ortho nitro benzene ring substituents is 1. The van der Waals surface area contributed by atoms with Crippen molar-refractivity contribution in [2.24, 2.45) is 12.1 Å². The molecule has 1 N–H and O–H groups in total. The number of hydrogen-bond acceptors (Lipinski definition) is 5. The Hall–Kier alpha value is -2.62. The average Bonchev–Trinajstić information content (AvgIpc) is 2.76. The monoisotopic (exact) mass is 347 g/mol. The maximum Gasteiger partial charge on any atom is 0.435 e. The Kier molecular flexibility index (Phi) is 4.55. The lowest BCUT2D eigenvalue weighted by molar-refractivity contribution is -0.384. The van der Waals surface area contributed by atoms with E-state index < -0.39 is 16.8 Å². The number of nitrogens with one attached hydrogen (secondary N) is 1. The highest BCUT2D eigenvalue weighted by Gasteiger charge is 2.38. The fraction of sp³-hybridized carbons (Fsp3) is 0.167. The molecule has 0 aliphatic rings. The Morgan fingerprint density at radius 3 is 2.52 bits per heavy atom. The summed E-state index contributed by atoms with van der Waals surface area (Å²) in [7, 11) is 1.28. The molecule has 11 heteroatoms. The summed E-state index contributed by atoms with van der Waals surface area (Å²) in [6, 6.07) is 5.20. The van der Waals surface area contributed by atoms with Crippen molar-refractivity contribution in [3.05, 3.63) is 50.8 Å². The van der Waals surface area contributed by atoms with E-state index >= 15 is 0 Å². The third kappa shape index (κ3) is 3.77. The first kappa shape index (κ1) is 16.7. The number of aromatic nitrogens is 2. The molecule has 0 spiro atoms. The maximum atomic E-state index is 12.8. The lowest BCUT2D eigenvalue weighted by atomic mass is 10.2. The van der Waals surface area contributed by atoms with Gasteiger partial charge in [-0.15, -0.1) is 0 Å². The minimum Gasteiger partial charge on any atom is -0.278 e.